The van der Waals surface area contributed by atoms with Gasteiger partial charge in [0.1, 0.15) is 0 Å². The van der Waals surface area contributed by atoms with E-state index in [1.807, 2.05) is 0 Å². The van der Waals surface area contributed by atoms with Crippen LogP contribution in [0.15, 0.2) is 36.4 Å². The minimum Gasteiger partial charge on any atom is -0.358 e. The molecule has 0 spiro atoms. The highest BCUT2D eigenvalue weighted by Crippen LogP contribution is 2.35. The van der Waals surface area contributed by atoms with Crippen LogP contribution in [0.4, 0.5) is 0 Å². The van der Waals surface area contributed by atoms with Gasteiger partial charge in [-0.15, -0.1) is 0 Å². The number of aryl methyl sites for hydroxylation is 2. The number of H-pyrrole nitrogens is 1. The number of rotatable bonds is 2. The van der Waals surface area contributed by atoms with Gasteiger partial charge >= 0.3 is 0 Å². The third-order valence-electron chi connectivity index (χ3n) is 4.76. The Hall–Kier alpha value is -1.73. The molecule has 22 heavy (non-hydrogen) atoms. The van der Waals surface area contributed by atoms with Crippen LogP contribution in [0.1, 0.15) is 43.0 Å². The van der Waals surface area contributed by atoms with Crippen LogP contribution in [-0.2, 0) is 12.8 Å². The van der Waals surface area contributed by atoms with E-state index in [0.29, 0.717) is 5.92 Å². The average molecular weight is 310 g/mol. The summed E-state index contributed by atoms with van der Waals surface area (Å²) in [6, 6.07) is 13.3. The zero-order chi connectivity index (χ0) is 15.3. The minimum absolute atomic E-state index is 0.495. The van der Waals surface area contributed by atoms with Gasteiger partial charge in [-0.25, -0.2) is 0 Å². The van der Waals surface area contributed by atoms with Crippen molar-refractivity contribution in [2.45, 2.75) is 39.0 Å². The van der Waals surface area contributed by atoms with E-state index in [0.717, 1.165) is 10.6 Å². The Bertz CT molecular complexity index is 858. The van der Waals surface area contributed by atoms with E-state index in [9.17, 15) is 0 Å². The Balaban J connectivity index is 1.85. The third-order valence-corrected chi connectivity index (χ3v) is 5.07. The van der Waals surface area contributed by atoms with E-state index < -0.39 is 0 Å². The lowest BCUT2D eigenvalue weighted by Crippen LogP contribution is -1.86. The smallest absolute Gasteiger partial charge is 0.0491 e. The van der Waals surface area contributed by atoms with Crippen LogP contribution in [0.5, 0.6) is 0 Å². The molecule has 0 saturated heterocycles. The fourth-order valence-electron chi connectivity index (χ4n) is 3.45. The summed E-state index contributed by atoms with van der Waals surface area (Å²) in [6.07, 6.45) is 3.69. The molecule has 0 fully saturated rings. The SMILES string of the molecule is CC(C)c1cc2cc(Cl)c(-c3ccc4c(c3)CCC4)cc2[nH]1. The van der Waals surface area contributed by atoms with Gasteiger partial charge in [0.05, 0.1) is 0 Å². The van der Waals surface area contributed by atoms with Crippen molar-refractivity contribution in [1.82, 2.24) is 4.98 Å². The van der Waals surface area contributed by atoms with Crippen LogP contribution in [0, 0.1) is 0 Å². The van der Waals surface area contributed by atoms with Gasteiger partial charge in [-0.3, -0.25) is 0 Å². The van der Waals surface area contributed by atoms with Gasteiger partial charge in [0.2, 0.25) is 0 Å². The Kier molecular flexibility index (Phi) is 3.27. The first-order chi connectivity index (χ1) is 10.6. The molecule has 112 valence electrons. The fourth-order valence-corrected chi connectivity index (χ4v) is 3.73. The molecule has 0 bridgehead atoms. The van der Waals surface area contributed by atoms with Crippen molar-refractivity contribution in [3.05, 3.63) is 58.2 Å². The molecule has 0 saturated carbocycles. The number of aromatic amines is 1. The normalized spacial score (nSPS) is 14.0. The molecule has 0 radical (unpaired) electrons. The first-order valence-electron chi connectivity index (χ1n) is 8.06. The van der Waals surface area contributed by atoms with Crippen molar-refractivity contribution < 1.29 is 0 Å². The molecule has 4 rings (SSSR count). The number of nitrogens with one attached hydrogen (secondary N) is 1. The molecule has 3 aromatic rings. The van der Waals surface area contributed by atoms with Crippen LogP contribution in [-0.4, -0.2) is 4.98 Å². The summed E-state index contributed by atoms with van der Waals surface area (Å²) >= 11 is 6.56. The van der Waals surface area contributed by atoms with E-state index >= 15 is 0 Å². The first kappa shape index (κ1) is 13.9. The summed E-state index contributed by atoms with van der Waals surface area (Å²) in [5.41, 5.74) is 7.78. The van der Waals surface area contributed by atoms with E-state index in [4.69, 9.17) is 11.6 Å². The van der Waals surface area contributed by atoms with Crippen molar-refractivity contribution in [2.24, 2.45) is 0 Å². The maximum atomic E-state index is 6.56. The molecule has 1 aromatic heterocycles. The molecule has 2 heteroatoms. The third kappa shape index (κ3) is 2.24. The average Bonchev–Trinajstić information content (AvgIpc) is 3.11. The lowest BCUT2D eigenvalue weighted by molar-refractivity contribution is 0.836. The highest BCUT2D eigenvalue weighted by atomic mass is 35.5. The van der Waals surface area contributed by atoms with Gasteiger partial charge in [0.25, 0.3) is 0 Å². The maximum Gasteiger partial charge on any atom is 0.0491 e. The van der Waals surface area contributed by atoms with E-state index in [1.54, 1.807) is 0 Å². The quantitative estimate of drug-likeness (QED) is 0.588. The highest BCUT2D eigenvalue weighted by Gasteiger charge is 2.14. The second kappa shape index (κ2) is 5.17. The van der Waals surface area contributed by atoms with Gasteiger partial charge in [0, 0.05) is 27.2 Å². The molecule has 0 amide bonds. The predicted molar refractivity (Wildman–Crippen MR) is 94.9 cm³/mol. The van der Waals surface area contributed by atoms with Crippen molar-refractivity contribution in [3.63, 3.8) is 0 Å². The molecular formula is C20H20ClN. The number of aromatic nitrogens is 1. The van der Waals surface area contributed by atoms with Crippen molar-refractivity contribution in [2.75, 3.05) is 0 Å². The zero-order valence-electron chi connectivity index (χ0n) is 13.0. The maximum absolute atomic E-state index is 6.56. The Morgan fingerprint density at radius 2 is 1.82 bits per heavy atom. The largest absolute Gasteiger partial charge is 0.358 e. The Morgan fingerprint density at radius 3 is 2.64 bits per heavy atom. The van der Waals surface area contributed by atoms with E-state index in [-0.39, 0.29) is 0 Å². The van der Waals surface area contributed by atoms with E-state index in [1.165, 1.54) is 52.5 Å². The predicted octanol–water partition coefficient (Wildman–Crippen LogP) is 6.10. The summed E-state index contributed by atoms with van der Waals surface area (Å²) in [7, 11) is 0. The van der Waals surface area contributed by atoms with Gasteiger partial charge < -0.3 is 4.98 Å². The van der Waals surface area contributed by atoms with Crippen LogP contribution >= 0.6 is 11.6 Å². The molecule has 1 nitrogen and oxygen atoms in total. The summed E-state index contributed by atoms with van der Waals surface area (Å²) in [5, 5.41) is 2.03. The number of hydrogen-bond donors (Lipinski definition) is 1. The summed E-state index contributed by atoms with van der Waals surface area (Å²) in [5.74, 6) is 0.495. The lowest BCUT2D eigenvalue weighted by atomic mass is 9.99. The Morgan fingerprint density at radius 1 is 1.00 bits per heavy atom. The van der Waals surface area contributed by atoms with Gasteiger partial charge in [-0.2, -0.15) is 0 Å². The van der Waals surface area contributed by atoms with Crippen molar-refractivity contribution in [1.29, 1.82) is 0 Å². The zero-order valence-corrected chi connectivity index (χ0v) is 13.8. The lowest BCUT2D eigenvalue weighted by Gasteiger charge is -2.08. The summed E-state index contributed by atoms with van der Waals surface area (Å²) in [4.78, 5) is 3.53. The monoisotopic (exact) mass is 309 g/mol. The first-order valence-corrected chi connectivity index (χ1v) is 8.44. The standard InChI is InChI=1S/C20H20ClN/c1-12(2)19-10-16-9-18(21)17(11-20(16)22-19)15-7-6-13-4-3-5-14(13)8-15/h6-12,22H,3-5H2,1-2H3. The number of fused-ring (bicyclic) bond motifs is 2. The van der Waals surface area contributed by atoms with Gasteiger partial charge in [-0.05, 0) is 60.1 Å². The Labute approximate surface area is 136 Å². The van der Waals surface area contributed by atoms with E-state index in [2.05, 4.69) is 55.2 Å². The van der Waals surface area contributed by atoms with Crippen molar-refractivity contribution in [3.8, 4) is 11.1 Å². The number of halogens is 1. The second-order valence-corrected chi connectivity index (χ2v) is 7.04. The van der Waals surface area contributed by atoms with Gasteiger partial charge in [0.15, 0.2) is 0 Å². The highest BCUT2D eigenvalue weighted by molar-refractivity contribution is 6.34. The number of hydrogen-bond acceptors (Lipinski definition) is 0. The molecule has 1 aliphatic carbocycles. The topological polar surface area (TPSA) is 15.8 Å². The van der Waals surface area contributed by atoms with Crippen LogP contribution < -0.4 is 0 Å². The summed E-state index contributed by atoms with van der Waals surface area (Å²) in [6.45, 7) is 4.40. The summed E-state index contributed by atoms with van der Waals surface area (Å²) < 4.78 is 0. The van der Waals surface area contributed by atoms with Crippen LogP contribution in [0.3, 0.4) is 0 Å². The van der Waals surface area contributed by atoms with Gasteiger partial charge in [-0.1, -0.05) is 43.6 Å². The minimum atomic E-state index is 0.495. The second-order valence-electron chi connectivity index (χ2n) is 6.64. The van der Waals surface area contributed by atoms with Crippen molar-refractivity contribution >= 4 is 22.5 Å². The molecular weight excluding hydrogens is 290 g/mol. The molecule has 0 atom stereocenters. The fraction of sp³-hybridized carbons (Fsp3) is 0.300. The van der Waals surface area contributed by atoms with Crippen LogP contribution in [0.2, 0.25) is 5.02 Å². The molecule has 0 unspecified atom stereocenters. The molecule has 1 aliphatic rings. The molecule has 0 aliphatic heterocycles. The van der Waals surface area contributed by atoms with Crippen LogP contribution in [0.25, 0.3) is 22.0 Å². The number of benzene rings is 2. The molecule has 1 heterocycles. The molecule has 1 N–H and O–H groups in total. The molecule has 2 aromatic carbocycles.